The van der Waals surface area contributed by atoms with Crippen LogP contribution in [0.15, 0.2) is 54.6 Å². The second-order valence-corrected chi connectivity index (χ2v) is 10.0. The van der Waals surface area contributed by atoms with Crippen LogP contribution in [-0.2, 0) is 16.1 Å². The number of piperidine rings is 2. The molecule has 0 saturated carbocycles. The Hall–Kier alpha value is -3.06. The number of carbonyl (C=O) groups is 3. The Morgan fingerprint density at radius 2 is 1.43 bits per heavy atom. The van der Waals surface area contributed by atoms with E-state index in [4.69, 9.17) is 0 Å². The van der Waals surface area contributed by atoms with Crippen LogP contribution in [0.25, 0.3) is 0 Å². The number of nitrogens with zero attached hydrogens (tertiary/aromatic N) is 3. The molecule has 184 valence electrons. The molecule has 2 aromatic carbocycles. The van der Waals surface area contributed by atoms with Crippen molar-refractivity contribution in [3.8, 4) is 0 Å². The van der Waals surface area contributed by atoms with E-state index in [1.54, 1.807) is 12.1 Å². The van der Waals surface area contributed by atoms with Gasteiger partial charge in [-0.05, 0) is 80.4 Å². The zero-order chi connectivity index (χ0) is 24.4. The van der Waals surface area contributed by atoms with Crippen molar-refractivity contribution in [2.45, 2.75) is 44.7 Å². The molecule has 0 radical (unpaired) electrons. The first-order chi connectivity index (χ1) is 17.0. The predicted octanol–water partition coefficient (Wildman–Crippen LogP) is 3.72. The van der Waals surface area contributed by atoms with E-state index >= 15 is 0 Å². The molecule has 3 aliphatic heterocycles. The first kappa shape index (κ1) is 23.7. The van der Waals surface area contributed by atoms with E-state index < -0.39 is 0 Å². The van der Waals surface area contributed by atoms with Crippen molar-refractivity contribution in [3.63, 3.8) is 0 Å². The van der Waals surface area contributed by atoms with E-state index in [-0.39, 0.29) is 36.0 Å². The molecule has 3 heterocycles. The molecule has 6 nitrogen and oxygen atoms in total. The SMILES string of the molecule is O=C(c1ccc(F)cc1)N1CCC(C2CCN([C@H]3CC(=O)N(Cc4ccccc4)C3=O)CC2)CC1. The van der Waals surface area contributed by atoms with Crippen LogP contribution in [0.2, 0.25) is 0 Å². The Kier molecular flexibility index (Phi) is 6.95. The highest BCUT2D eigenvalue weighted by Crippen LogP contribution is 2.34. The fourth-order valence-corrected chi connectivity index (χ4v) is 5.93. The Balaban J connectivity index is 1.10. The molecule has 0 bridgehead atoms. The van der Waals surface area contributed by atoms with Crippen molar-refractivity contribution in [2.24, 2.45) is 11.8 Å². The van der Waals surface area contributed by atoms with Gasteiger partial charge in [0.25, 0.3) is 5.91 Å². The number of benzene rings is 2. The third-order valence-corrected chi connectivity index (χ3v) is 8.00. The Bertz CT molecular complexity index is 1060. The molecule has 0 unspecified atom stereocenters. The number of hydrogen-bond donors (Lipinski definition) is 0. The van der Waals surface area contributed by atoms with Crippen LogP contribution in [-0.4, -0.2) is 64.6 Å². The van der Waals surface area contributed by atoms with Crippen LogP contribution in [0.1, 0.15) is 48.0 Å². The van der Waals surface area contributed by atoms with Gasteiger partial charge < -0.3 is 4.90 Å². The van der Waals surface area contributed by atoms with Crippen molar-refractivity contribution in [1.29, 1.82) is 0 Å². The van der Waals surface area contributed by atoms with E-state index in [1.807, 2.05) is 35.2 Å². The zero-order valence-electron chi connectivity index (χ0n) is 19.9. The summed E-state index contributed by atoms with van der Waals surface area (Å²) in [5.74, 6) is 0.655. The monoisotopic (exact) mass is 477 g/mol. The fourth-order valence-electron chi connectivity index (χ4n) is 5.93. The van der Waals surface area contributed by atoms with Gasteiger partial charge in [-0.3, -0.25) is 24.2 Å². The number of hydrogen-bond acceptors (Lipinski definition) is 4. The number of halogens is 1. The summed E-state index contributed by atoms with van der Waals surface area (Å²) in [6.07, 6.45) is 4.27. The van der Waals surface area contributed by atoms with Crippen molar-refractivity contribution in [1.82, 2.24) is 14.7 Å². The Morgan fingerprint density at radius 3 is 2.06 bits per heavy atom. The summed E-state index contributed by atoms with van der Waals surface area (Å²) in [4.78, 5) is 43.8. The van der Waals surface area contributed by atoms with E-state index in [0.717, 1.165) is 57.4 Å². The van der Waals surface area contributed by atoms with Crippen LogP contribution in [0.3, 0.4) is 0 Å². The van der Waals surface area contributed by atoms with Crippen LogP contribution < -0.4 is 0 Å². The molecular formula is C28H32FN3O3. The maximum atomic E-state index is 13.2. The zero-order valence-corrected chi connectivity index (χ0v) is 19.9. The van der Waals surface area contributed by atoms with Gasteiger partial charge in [0.15, 0.2) is 0 Å². The third kappa shape index (κ3) is 5.15. The van der Waals surface area contributed by atoms with Crippen LogP contribution in [0.4, 0.5) is 4.39 Å². The summed E-state index contributed by atoms with van der Waals surface area (Å²) in [6.45, 7) is 3.47. The maximum Gasteiger partial charge on any atom is 0.253 e. The van der Waals surface area contributed by atoms with Gasteiger partial charge in [-0.1, -0.05) is 30.3 Å². The lowest BCUT2D eigenvalue weighted by atomic mass is 9.78. The molecule has 0 N–H and O–H groups in total. The first-order valence-corrected chi connectivity index (χ1v) is 12.7. The van der Waals surface area contributed by atoms with Crippen LogP contribution in [0.5, 0.6) is 0 Å². The number of amides is 3. The molecule has 2 aromatic rings. The highest BCUT2D eigenvalue weighted by molar-refractivity contribution is 6.05. The van der Waals surface area contributed by atoms with Crippen molar-refractivity contribution >= 4 is 17.7 Å². The van der Waals surface area contributed by atoms with Gasteiger partial charge in [0, 0.05) is 18.7 Å². The van der Waals surface area contributed by atoms with E-state index in [9.17, 15) is 18.8 Å². The van der Waals surface area contributed by atoms with Gasteiger partial charge in [0.05, 0.1) is 19.0 Å². The second kappa shape index (κ2) is 10.3. The lowest BCUT2D eigenvalue weighted by Gasteiger charge is -2.41. The van der Waals surface area contributed by atoms with Crippen LogP contribution >= 0.6 is 0 Å². The van der Waals surface area contributed by atoms with Gasteiger partial charge in [-0.15, -0.1) is 0 Å². The van der Waals surface area contributed by atoms with Crippen molar-refractivity contribution in [2.75, 3.05) is 26.2 Å². The summed E-state index contributed by atoms with van der Waals surface area (Å²) >= 11 is 0. The van der Waals surface area contributed by atoms with E-state index in [0.29, 0.717) is 23.9 Å². The molecule has 5 rings (SSSR count). The summed E-state index contributed by atoms with van der Waals surface area (Å²) in [7, 11) is 0. The summed E-state index contributed by atoms with van der Waals surface area (Å²) < 4.78 is 13.2. The minimum Gasteiger partial charge on any atom is -0.339 e. The average molecular weight is 478 g/mol. The highest BCUT2D eigenvalue weighted by atomic mass is 19.1. The fraction of sp³-hybridized carbons (Fsp3) is 0.464. The molecule has 3 fully saturated rings. The average Bonchev–Trinajstić information content (AvgIpc) is 3.18. The topological polar surface area (TPSA) is 60.9 Å². The number of rotatable bonds is 5. The quantitative estimate of drug-likeness (QED) is 0.616. The lowest BCUT2D eigenvalue weighted by Crippen LogP contribution is -2.47. The molecule has 0 spiro atoms. The third-order valence-electron chi connectivity index (χ3n) is 8.00. The summed E-state index contributed by atoms with van der Waals surface area (Å²) in [5.41, 5.74) is 1.51. The summed E-state index contributed by atoms with van der Waals surface area (Å²) in [6, 6.07) is 15.1. The van der Waals surface area contributed by atoms with E-state index in [1.165, 1.54) is 17.0 Å². The number of likely N-dealkylation sites (tertiary alicyclic amines) is 3. The molecule has 0 aliphatic carbocycles. The number of carbonyl (C=O) groups excluding carboxylic acids is 3. The van der Waals surface area contributed by atoms with Crippen LogP contribution in [0, 0.1) is 17.7 Å². The standard InChI is InChI=1S/C28H32FN3O3/c29-24-8-6-23(7-9-24)27(34)31-16-12-22(13-17-31)21-10-14-30(15-11-21)25-18-26(33)32(28(25)35)19-20-4-2-1-3-5-20/h1-9,21-22,25H,10-19H2/t25-/m0/s1. The molecule has 3 saturated heterocycles. The normalized spacial score (nSPS) is 22.7. The van der Waals surface area contributed by atoms with Crippen molar-refractivity contribution < 1.29 is 18.8 Å². The number of imide groups is 1. The van der Waals surface area contributed by atoms with Gasteiger partial charge in [-0.25, -0.2) is 4.39 Å². The molecule has 0 aromatic heterocycles. The molecule has 35 heavy (non-hydrogen) atoms. The van der Waals surface area contributed by atoms with Gasteiger partial charge in [0.1, 0.15) is 5.82 Å². The predicted molar refractivity (Wildman–Crippen MR) is 130 cm³/mol. The maximum absolute atomic E-state index is 13.2. The molecule has 1 atom stereocenters. The Morgan fingerprint density at radius 1 is 0.829 bits per heavy atom. The van der Waals surface area contributed by atoms with Gasteiger partial charge in [-0.2, -0.15) is 0 Å². The summed E-state index contributed by atoms with van der Waals surface area (Å²) in [5, 5.41) is 0. The largest absolute Gasteiger partial charge is 0.339 e. The van der Waals surface area contributed by atoms with Gasteiger partial charge in [0.2, 0.25) is 11.8 Å². The first-order valence-electron chi connectivity index (χ1n) is 12.7. The second-order valence-electron chi connectivity index (χ2n) is 10.0. The lowest BCUT2D eigenvalue weighted by molar-refractivity contribution is -0.140. The highest BCUT2D eigenvalue weighted by Gasteiger charge is 2.43. The molecule has 3 amide bonds. The Labute approximate surface area is 205 Å². The molecule has 7 heteroatoms. The molecular weight excluding hydrogens is 445 g/mol. The van der Waals surface area contributed by atoms with E-state index in [2.05, 4.69) is 4.90 Å². The minimum absolute atomic E-state index is 0.0252. The smallest absolute Gasteiger partial charge is 0.253 e. The van der Waals surface area contributed by atoms with Crippen molar-refractivity contribution in [3.05, 3.63) is 71.5 Å². The molecule has 3 aliphatic rings. The minimum atomic E-state index is -0.334. The van der Waals surface area contributed by atoms with Gasteiger partial charge >= 0.3 is 0 Å².